The molecule has 0 bridgehead atoms. The molecule has 2 amide bonds. The number of carbonyl (C=O) groups is 2. The van der Waals surface area contributed by atoms with Gasteiger partial charge in [-0.2, -0.15) is 23.5 Å². The molecule has 32 heavy (non-hydrogen) atoms. The molecule has 0 aliphatic heterocycles. The number of carbonyl (C=O) groups excluding carboxylic acids is 2. The molecule has 2 aromatic rings. The minimum atomic E-state index is 0.0706. The molecule has 0 aromatic heterocycles. The second kappa shape index (κ2) is 16.0. The molecule has 0 aliphatic rings. The van der Waals surface area contributed by atoms with Crippen LogP contribution in [0, 0.1) is 0 Å². The van der Waals surface area contributed by atoms with Crippen LogP contribution in [0.1, 0.15) is 0 Å². The molecule has 0 spiro atoms. The van der Waals surface area contributed by atoms with Crippen LogP contribution in [0.3, 0.4) is 0 Å². The van der Waals surface area contributed by atoms with Gasteiger partial charge in [-0.3, -0.25) is 18.2 Å². The summed E-state index contributed by atoms with van der Waals surface area (Å²) in [5.41, 5.74) is 0. The average molecular weight is 505 g/mol. The van der Waals surface area contributed by atoms with Crippen molar-refractivity contribution < 1.29 is 9.59 Å². The zero-order valence-corrected chi connectivity index (χ0v) is 21.2. The summed E-state index contributed by atoms with van der Waals surface area (Å²) in [4.78, 5) is 27.2. The molecule has 2 aromatic carbocycles. The predicted molar refractivity (Wildman–Crippen MR) is 143 cm³/mol. The Hall–Kier alpha value is -1.74. The molecule has 0 N–H and O–H groups in total. The number of rotatable bonds is 15. The lowest BCUT2D eigenvalue weighted by atomic mass is 10.4. The molecule has 2 rings (SSSR count). The van der Waals surface area contributed by atoms with Crippen molar-refractivity contribution >= 4 is 59.2 Å². The second-order valence-corrected chi connectivity index (χ2v) is 10.8. The van der Waals surface area contributed by atoms with Gasteiger partial charge in [0.15, 0.2) is 0 Å². The third-order valence-electron chi connectivity index (χ3n) is 3.89. The first-order valence-corrected chi connectivity index (χ1v) is 13.9. The van der Waals surface area contributed by atoms with E-state index in [1.54, 1.807) is 44.3 Å². The number of nitrogens with zero attached hydrogens (tertiary/aromatic N) is 2. The number of amides is 2. The monoisotopic (exact) mass is 504 g/mol. The maximum Gasteiger partial charge on any atom is 0.242 e. The van der Waals surface area contributed by atoms with E-state index in [-0.39, 0.29) is 11.8 Å². The Bertz CT molecular complexity index is 778. The largest absolute Gasteiger partial charge is 0.278 e. The predicted octanol–water partition coefficient (Wildman–Crippen LogP) is 5.90. The van der Waals surface area contributed by atoms with Gasteiger partial charge in [0.25, 0.3) is 0 Å². The van der Waals surface area contributed by atoms with Gasteiger partial charge in [-0.05, 0) is 48.2 Å². The Morgan fingerprint density at radius 3 is 1.41 bits per heavy atom. The van der Waals surface area contributed by atoms with Gasteiger partial charge in [0, 0.05) is 21.3 Å². The number of hydrogen-bond acceptors (Lipinski definition) is 6. The highest BCUT2D eigenvalue weighted by Crippen LogP contribution is 2.24. The van der Waals surface area contributed by atoms with E-state index in [9.17, 15) is 9.59 Å². The van der Waals surface area contributed by atoms with Gasteiger partial charge in [-0.15, -0.1) is 13.2 Å². The van der Waals surface area contributed by atoms with Gasteiger partial charge >= 0.3 is 0 Å². The lowest BCUT2D eigenvalue weighted by molar-refractivity contribution is -0.123. The van der Waals surface area contributed by atoms with E-state index in [4.69, 9.17) is 0 Å². The minimum Gasteiger partial charge on any atom is -0.278 e. The highest BCUT2D eigenvalue weighted by molar-refractivity contribution is 8.03. The molecule has 0 fully saturated rings. The summed E-state index contributed by atoms with van der Waals surface area (Å²) in [6.45, 7) is 8.51. The molecule has 0 heterocycles. The van der Waals surface area contributed by atoms with Gasteiger partial charge in [-0.25, -0.2) is 0 Å². The van der Waals surface area contributed by atoms with Gasteiger partial charge in [0.1, 0.15) is 0 Å². The maximum atomic E-state index is 12.6. The number of hydrogen-bond donors (Lipinski definition) is 0. The first-order valence-electron chi connectivity index (χ1n) is 10.1. The fourth-order valence-electron chi connectivity index (χ4n) is 2.41. The summed E-state index contributed by atoms with van der Waals surface area (Å²) in [5.74, 6) is 2.59. The molecular formula is C24H28N2O2S4. The highest BCUT2D eigenvalue weighted by Gasteiger charge is 2.15. The minimum absolute atomic E-state index is 0.0706. The van der Waals surface area contributed by atoms with E-state index >= 15 is 0 Å². The first-order chi connectivity index (χ1) is 15.6. The lowest BCUT2D eigenvalue weighted by Crippen LogP contribution is -2.26. The summed E-state index contributed by atoms with van der Waals surface area (Å²) in [6, 6.07) is 19.7. The van der Waals surface area contributed by atoms with Gasteiger partial charge in [0.05, 0.1) is 24.6 Å². The van der Waals surface area contributed by atoms with Crippen LogP contribution in [0.25, 0.3) is 0 Å². The molecule has 0 atom stereocenters. The van der Waals surface area contributed by atoms with Crippen LogP contribution in [0.4, 0.5) is 0 Å². The van der Waals surface area contributed by atoms with Crippen LogP contribution < -0.4 is 0 Å². The molecule has 0 aliphatic carbocycles. The smallest absolute Gasteiger partial charge is 0.242 e. The highest BCUT2D eigenvalue weighted by atomic mass is 32.2. The Labute approximate surface area is 208 Å². The Morgan fingerprint density at radius 1 is 0.688 bits per heavy atom. The van der Waals surface area contributed by atoms with Crippen LogP contribution >= 0.6 is 47.4 Å². The van der Waals surface area contributed by atoms with Crippen LogP contribution in [0.2, 0.25) is 0 Å². The SMILES string of the molecule is C=CCN(Sc1ccccc1)C(=O)CSCCSCC(=O)N(CC=C)Sc1ccccc1. The Kier molecular flexibility index (Phi) is 13.2. The fraction of sp³-hybridized carbons (Fsp3) is 0.250. The van der Waals surface area contributed by atoms with Crippen molar-refractivity contribution in [2.45, 2.75) is 9.79 Å². The lowest BCUT2D eigenvalue weighted by Gasteiger charge is -2.20. The topological polar surface area (TPSA) is 40.6 Å². The van der Waals surface area contributed by atoms with Crippen LogP contribution in [-0.2, 0) is 9.59 Å². The van der Waals surface area contributed by atoms with Crippen molar-refractivity contribution in [3.63, 3.8) is 0 Å². The molecule has 0 saturated heterocycles. The van der Waals surface area contributed by atoms with Gasteiger partial charge < -0.3 is 0 Å². The number of thioether (sulfide) groups is 2. The molecule has 170 valence electrons. The van der Waals surface area contributed by atoms with E-state index in [0.717, 1.165) is 21.3 Å². The van der Waals surface area contributed by atoms with Crippen molar-refractivity contribution in [3.05, 3.63) is 86.0 Å². The Morgan fingerprint density at radius 2 is 1.06 bits per heavy atom. The zero-order valence-electron chi connectivity index (χ0n) is 17.9. The molecule has 0 saturated carbocycles. The van der Waals surface area contributed by atoms with Crippen LogP contribution in [0.5, 0.6) is 0 Å². The molecule has 0 radical (unpaired) electrons. The molecule has 0 unspecified atom stereocenters. The van der Waals surface area contributed by atoms with Crippen LogP contribution in [0.15, 0.2) is 95.8 Å². The molecular weight excluding hydrogens is 477 g/mol. The normalized spacial score (nSPS) is 10.4. The fourth-order valence-corrected chi connectivity index (χ4v) is 6.23. The van der Waals surface area contributed by atoms with E-state index in [1.165, 1.54) is 23.9 Å². The van der Waals surface area contributed by atoms with Crippen molar-refractivity contribution in [1.29, 1.82) is 0 Å². The van der Waals surface area contributed by atoms with E-state index in [1.807, 2.05) is 60.7 Å². The van der Waals surface area contributed by atoms with Crippen molar-refractivity contribution in [2.75, 3.05) is 36.1 Å². The third kappa shape index (κ3) is 10.3. The quantitative estimate of drug-likeness (QED) is 0.171. The summed E-state index contributed by atoms with van der Waals surface area (Å²) in [7, 11) is 0. The van der Waals surface area contributed by atoms with E-state index in [2.05, 4.69) is 13.2 Å². The molecule has 8 heteroatoms. The van der Waals surface area contributed by atoms with Crippen molar-refractivity contribution in [1.82, 2.24) is 8.61 Å². The first kappa shape index (κ1) is 26.5. The Balaban J connectivity index is 1.68. The van der Waals surface area contributed by atoms with E-state index in [0.29, 0.717) is 24.6 Å². The maximum absolute atomic E-state index is 12.6. The summed E-state index contributed by atoms with van der Waals surface area (Å²) in [6.07, 6.45) is 3.48. The molecule has 4 nitrogen and oxygen atoms in total. The zero-order chi connectivity index (χ0) is 23.0. The second-order valence-electron chi connectivity index (χ2n) is 6.40. The van der Waals surface area contributed by atoms with Gasteiger partial charge in [0.2, 0.25) is 11.8 Å². The van der Waals surface area contributed by atoms with Crippen LogP contribution in [-0.4, -0.2) is 56.5 Å². The standard InChI is InChI=1S/C24H28N2O2S4/c1-3-15-25(31-21-11-7-5-8-12-21)23(27)19-29-17-18-30-20-24(28)26(16-4-2)32-22-13-9-6-10-14-22/h3-14H,1-2,15-20H2. The summed E-state index contributed by atoms with van der Waals surface area (Å²) < 4.78 is 3.47. The summed E-state index contributed by atoms with van der Waals surface area (Å²) >= 11 is 6.06. The summed E-state index contributed by atoms with van der Waals surface area (Å²) in [5, 5.41) is 0. The average Bonchev–Trinajstić information content (AvgIpc) is 2.82. The third-order valence-corrected chi connectivity index (χ3v) is 8.15. The number of benzene rings is 2. The van der Waals surface area contributed by atoms with Crippen molar-refractivity contribution in [3.8, 4) is 0 Å². The van der Waals surface area contributed by atoms with E-state index < -0.39 is 0 Å². The van der Waals surface area contributed by atoms with Gasteiger partial charge in [-0.1, -0.05) is 48.6 Å². The van der Waals surface area contributed by atoms with Crippen molar-refractivity contribution in [2.24, 2.45) is 0 Å².